The number of fused-ring (bicyclic) bond motifs is 1. The number of anilines is 1. The summed E-state index contributed by atoms with van der Waals surface area (Å²) < 4.78 is 59.9. The van der Waals surface area contributed by atoms with E-state index >= 15 is 0 Å². The van der Waals surface area contributed by atoms with Crippen molar-refractivity contribution in [1.29, 1.82) is 0 Å². The van der Waals surface area contributed by atoms with Crippen LogP contribution < -0.4 is 23.8 Å². The van der Waals surface area contributed by atoms with Gasteiger partial charge in [0.15, 0.2) is 11.5 Å². The van der Waals surface area contributed by atoms with Crippen LogP contribution in [0.2, 0.25) is 0 Å². The molecule has 0 bridgehead atoms. The van der Waals surface area contributed by atoms with E-state index in [0.717, 1.165) is 48.5 Å². The van der Waals surface area contributed by atoms with Gasteiger partial charge in [0.2, 0.25) is 11.8 Å². The molecule has 5 rings (SSSR count). The van der Waals surface area contributed by atoms with Crippen molar-refractivity contribution in [2.24, 2.45) is 0 Å². The summed E-state index contributed by atoms with van der Waals surface area (Å²) in [5.41, 5.74) is 0.797. The number of nitrogens with one attached hydrogen (secondary N) is 1. The fraction of sp³-hybridized carbons (Fsp3) is 0.412. The Labute approximate surface area is 269 Å². The van der Waals surface area contributed by atoms with E-state index in [4.69, 9.17) is 14.2 Å². The smallest absolute Gasteiger partial charge is 0.264 e. The topological polar surface area (TPSA) is 114 Å². The largest absolute Gasteiger partial charge is 0.497 e. The zero-order chi connectivity index (χ0) is 32.7. The van der Waals surface area contributed by atoms with E-state index < -0.39 is 34.3 Å². The van der Waals surface area contributed by atoms with Gasteiger partial charge in [-0.25, -0.2) is 12.8 Å². The zero-order valence-electron chi connectivity index (χ0n) is 26.1. The Balaban J connectivity index is 1.50. The second kappa shape index (κ2) is 14.8. The maximum absolute atomic E-state index is 14.4. The Morgan fingerprint density at radius 1 is 0.978 bits per heavy atom. The van der Waals surface area contributed by atoms with Gasteiger partial charge in [-0.3, -0.25) is 13.9 Å². The van der Waals surface area contributed by atoms with Gasteiger partial charge in [-0.05, 0) is 73.4 Å². The van der Waals surface area contributed by atoms with Crippen molar-refractivity contribution in [3.05, 3.63) is 78.1 Å². The van der Waals surface area contributed by atoms with Crippen LogP contribution in [0.15, 0.2) is 71.6 Å². The number of sulfonamides is 1. The molecule has 3 aromatic rings. The van der Waals surface area contributed by atoms with Gasteiger partial charge in [0.1, 0.15) is 37.4 Å². The van der Waals surface area contributed by atoms with Gasteiger partial charge in [-0.15, -0.1) is 0 Å². The number of methoxy groups -OCH3 is 1. The first-order valence-electron chi connectivity index (χ1n) is 15.6. The van der Waals surface area contributed by atoms with Gasteiger partial charge in [0.25, 0.3) is 10.0 Å². The van der Waals surface area contributed by atoms with Crippen LogP contribution in [-0.4, -0.2) is 64.1 Å². The molecule has 0 unspecified atom stereocenters. The average molecular weight is 654 g/mol. The van der Waals surface area contributed by atoms with E-state index in [2.05, 4.69) is 5.32 Å². The molecule has 10 nitrogen and oxygen atoms in total. The van der Waals surface area contributed by atoms with E-state index in [1.165, 1.54) is 42.3 Å². The quantitative estimate of drug-likeness (QED) is 0.291. The van der Waals surface area contributed by atoms with E-state index in [9.17, 15) is 22.4 Å². The third-order valence-corrected chi connectivity index (χ3v) is 10.1. The molecule has 0 aromatic heterocycles. The fourth-order valence-electron chi connectivity index (χ4n) is 5.88. The number of rotatable bonds is 12. The molecule has 1 aliphatic carbocycles. The van der Waals surface area contributed by atoms with Gasteiger partial charge < -0.3 is 24.4 Å². The van der Waals surface area contributed by atoms with E-state index in [0.29, 0.717) is 30.1 Å². The van der Waals surface area contributed by atoms with Gasteiger partial charge in [0.05, 0.1) is 17.7 Å². The molecular formula is C34H40FN3O7S. The van der Waals surface area contributed by atoms with Gasteiger partial charge >= 0.3 is 0 Å². The number of carbonyl (C=O) groups is 2. The lowest BCUT2D eigenvalue weighted by atomic mass is 9.95. The normalized spacial score (nSPS) is 15.5. The Bertz CT molecular complexity index is 1630. The predicted octanol–water partition coefficient (Wildman–Crippen LogP) is 5.06. The van der Waals surface area contributed by atoms with Crippen LogP contribution in [0.3, 0.4) is 0 Å². The lowest BCUT2D eigenvalue weighted by molar-refractivity contribution is -0.140. The predicted molar refractivity (Wildman–Crippen MR) is 171 cm³/mol. The number of hydrogen-bond acceptors (Lipinski definition) is 7. The van der Waals surface area contributed by atoms with Crippen LogP contribution in [0.25, 0.3) is 0 Å². The van der Waals surface area contributed by atoms with E-state index in [1.54, 1.807) is 18.2 Å². The minimum atomic E-state index is -4.38. The Morgan fingerprint density at radius 2 is 1.70 bits per heavy atom. The van der Waals surface area contributed by atoms with Crippen LogP contribution >= 0.6 is 0 Å². The minimum Gasteiger partial charge on any atom is -0.497 e. The van der Waals surface area contributed by atoms with Gasteiger partial charge in [-0.2, -0.15) is 0 Å². The Kier molecular flexibility index (Phi) is 10.7. The molecule has 1 aliphatic heterocycles. The first kappa shape index (κ1) is 33.1. The number of ether oxygens (including phenoxy) is 3. The highest BCUT2D eigenvalue weighted by molar-refractivity contribution is 7.92. The van der Waals surface area contributed by atoms with Crippen molar-refractivity contribution >= 4 is 27.5 Å². The molecule has 1 N–H and O–H groups in total. The van der Waals surface area contributed by atoms with Crippen LogP contribution in [0.4, 0.5) is 10.1 Å². The monoisotopic (exact) mass is 653 g/mol. The lowest BCUT2D eigenvalue weighted by Crippen LogP contribution is -2.54. The molecule has 1 saturated carbocycles. The van der Waals surface area contributed by atoms with Crippen molar-refractivity contribution < 1.29 is 36.6 Å². The highest BCUT2D eigenvalue weighted by atomic mass is 32.2. The second-order valence-electron chi connectivity index (χ2n) is 11.4. The van der Waals surface area contributed by atoms with Crippen molar-refractivity contribution in [3.63, 3.8) is 0 Å². The summed E-state index contributed by atoms with van der Waals surface area (Å²) in [6, 6.07) is 15.4. The Hall–Kier alpha value is -4.32. The minimum absolute atomic E-state index is 0.0235. The van der Waals surface area contributed by atoms with Crippen LogP contribution in [0, 0.1) is 5.82 Å². The van der Waals surface area contributed by atoms with Crippen LogP contribution in [0.5, 0.6) is 17.2 Å². The molecule has 3 aromatic carbocycles. The third-order valence-electron chi connectivity index (χ3n) is 8.32. The van der Waals surface area contributed by atoms with Crippen LogP contribution in [-0.2, 0) is 26.2 Å². The van der Waals surface area contributed by atoms with Crippen molar-refractivity contribution in [3.8, 4) is 17.2 Å². The maximum atomic E-state index is 14.4. The van der Waals surface area contributed by atoms with Gasteiger partial charge in [-0.1, -0.05) is 38.3 Å². The molecule has 1 heterocycles. The molecule has 46 heavy (non-hydrogen) atoms. The molecule has 0 spiro atoms. The molecule has 12 heteroatoms. The molecule has 1 fully saturated rings. The highest BCUT2D eigenvalue weighted by Gasteiger charge is 2.35. The number of amides is 2. The molecule has 2 aliphatic rings. The summed E-state index contributed by atoms with van der Waals surface area (Å²) in [6.07, 6.45) is 5.23. The van der Waals surface area contributed by atoms with Crippen molar-refractivity contribution in [2.45, 2.75) is 69.0 Å². The maximum Gasteiger partial charge on any atom is 0.264 e. The number of halogens is 1. The summed E-state index contributed by atoms with van der Waals surface area (Å²) in [6.45, 7) is 1.82. The number of hydrogen-bond donors (Lipinski definition) is 1. The average Bonchev–Trinajstić information content (AvgIpc) is 3.07. The standard InChI is InChI=1S/C34H40FN3O7S/c1-3-30(34(40)36-26-9-5-4-6-10-26)37(22-24-8-7-11-28(20-24)43-2)33(39)23-38(27-14-12-25(35)13-15-27)46(41,42)29-16-17-31-32(21-29)45-19-18-44-31/h7-8,11-17,20-21,26,30H,3-6,9-10,18-19,22-23H2,1-2H3,(H,36,40)/t30-/m1/s1. The number of benzene rings is 3. The molecular weight excluding hydrogens is 613 g/mol. The SMILES string of the molecule is CC[C@H](C(=O)NC1CCCCC1)N(Cc1cccc(OC)c1)C(=O)CN(c1ccc(F)cc1)S(=O)(=O)c1ccc2c(c1)OCCO2. The summed E-state index contributed by atoms with van der Waals surface area (Å²) in [5, 5.41) is 3.13. The summed E-state index contributed by atoms with van der Waals surface area (Å²) in [4.78, 5) is 29.4. The first-order valence-corrected chi connectivity index (χ1v) is 17.0. The summed E-state index contributed by atoms with van der Waals surface area (Å²) in [7, 11) is -2.84. The second-order valence-corrected chi connectivity index (χ2v) is 13.3. The van der Waals surface area contributed by atoms with E-state index in [1.807, 2.05) is 13.0 Å². The fourth-order valence-corrected chi connectivity index (χ4v) is 7.31. The lowest BCUT2D eigenvalue weighted by Gasteiger charge is -2.34. The molecule has 0 saturated heterocycles. The molecule has 0 radical (unpaired) electrons. The van der Waals surface area contributed by atoms with Gasteiger partial charge in [0, 0.05) is 18.7 Å². The summed E-state index contributed by atoms with van der Waals surface area (Å²) in [5.74, 6) is -0.181. The number of nitrogens with zero attached hydrogens (tertiary/aromatic N) is 2. The molecule has 1 atom stereocenters. The van der Waals surface area contributed by atoms with E-state index in [-0.39, 0.29) is 41.4 Å². The summed E-state index contributed by atoms with van der Waals surface area (Å²) >= 11 is 0. The number of carbonyl (C=O) groups excluding carboxylic acids is 2. The van der Waals surface area contributed by atoms with Crippen molar-refractivity contribution in [1.82, 2.24) is 10.2 Å². The van der Waals surface area contributed by atoms with Crippen molar-refractivity contribution in [2.75, 3.05) is 31.2 Å². The zero-order valence-corrected chi connectivity index (χ0v) is 26.9. The highest BCUT2D eigenvalue weighted by Crippen LogP contribution is 2.34. The first-order chi connectivity index (χ1) is 22.2. The Morgan fingerprint density at radius 3 is 2.39 bits per heavy atom. The molecule has 246 valence electrons. The molecule has 2 amide bonds. The third kappa shape index (κ3) is 7.72. The van der Waals surface area contributed by atoms with Crippen LogP contribution in [0.1, 0.15) is 51.0 Å².